The van der Waals surface area contributed by atoms with Crippen molar-refractivity contribution in [2.75, 3.05) is 9.80 Å². The maximum absolute atomic E-state index is 14.2. The molecule has 9 rings (SSSR count). The highest BCUT2D eigenvalue weighted by molar-refractivity contribution is 7.24. The summed E-state index contributed by atoms with van der Waals surface area (Å²) in [6.45, 7) is 0. The first kappa shape index (κ1) is 32.2. The molecule has 0 bridgehead atoms. The Labute approximate surface area is 312 Å². The molecular formula is C49H34N2OS. The van der Waals surface area contributed by atoms with Gasteiger partial charge in [-0.15, -0.1) is 11.3 Å². The highest BCUT2D eigenvalue weighted by atomic mass is 32.1. The number of benzene rings is 8. The second-order valence-corrected chi connectivity index (χ2v) is 14.0. The molecule has 0 N–H and O–H groups in total. The molecule has 252 valence electrons. The number of rotatable bonds is 8. The van der Waals surface area contributed by atoms with Gasteiger partial charge in [0.1, 0.15) is 0 Å². The third-order valence-corrected chi connectivity index (χ3v) is 10.8. The highest BCUT2D eigenvalue weighted by Crippen LogP contribution is 2.38. The molecule has 0 aliphatic carbocycles. The van der Waals surface area contributed by atoms with Crippen LogP contribution in [0.1, 0.15) is 0 Å². The van der Waals surface area contributed by atoms with Crippen LogP contribution < -0.4 is 15.2 Å². The topological polar surface area (TPSA) is 23.6 Å². The van der Waals surface area contributed by atoms with Gasteiger partial charge in [-0.05, 0) is 119 Å². The largest absolute Gasteiger partial charge is 0.311 e. The number of hydrogen-bond acceptors (Lipinski definition) is 4. The Morgan fingerprint density at radius 3 is 0.906 bits per heavy atom. The van der Waals surface area contributed by atoms with Crippen LogP contribution in [-0.4, -0.2) is 0 Å². The summed E-state index contributed by atoms with van der Waals surface area (Å²) in [4.78, 5) is 18.7. The lowest BCUT2D eigenvalue weighted by Crippen LogP contribution is -2.09. The zero-order chi connectivity index (χ0) is 35.6. The Morgan fingerprint density at radius 1 is 0.302 bits per heavy atom. The second-order valence-electron chi connectivity index (χ2n) is 13.0. The Balaban J connectivity index is 1.04. The van der Waals surface area contributed by atoms with Gasteiger partial charge in [-0.1, -0.05) is 109 Å². The molecule has 0 saturated heterocycles. The van der Waals surface area contributed by atoms with Gasteiger partial charge in [0.05, 0.1) is 0 Å². The summed E-state index contributed by atoms with van der Waals surface area (Å²) >= 11 is 1.66. The molecule has 0 amide bonds. The van der Waals surface area contributed by atoms with Crippen LogP contribution in [0, 0.1) is 0 Å². The van der Waals surface area contributed by atoms with E-state index in [1.807, 2.05) is 24.3 Å². The summed E-state index contributed by atoms with van der Waals surface area (Å²) in [6, 6.07) is 71.3. The fourth-order valence-corrected chi connectivity index (χ4v) is 8.06. The van der Waals surface area contributed by atoms with Gasteiger partial charge in [-0.25, -0.2) is 0 Å². The van der Waals surface area contributed by atoms with E-state index in [0.717, 1.165) is 76.6 Å². The number of para-hydroxylation sites is 4. The van der Waals surface area contributed by atoms with E-state index in [0.29, 0.717) is 0 Å². The molecule has 0 radical (unpaired) electrons. The van der Waals surface area contributed by atoms with Gasteiger partial charge in [0.15, 0.2) is 5.43 Å². The fraction of sp³-hybridized carbons (Fsp3) is 0. The average Bonchev–Trinajstić information content (AvgIpc) is 3.23. The van der Waals surface area contributed by atoms with E-state index in [9.17, 15) is 4.79 Å². The van der Waals surface area contributed by atoms with E-state index < -0.39 is 0 Å². The first-order chi connectivity index (χ1) is 26.2. The van der Waals surface area contributed by atoms with Crippen LogP contribution in [0.2, 0.25) is 0 Å². The van der Waals surface area contributed by atoms with Crippen molar-refractivity contribution in [3.8, 4) is 22.3 Å². The monoisotopic (exact) mass is 698 g/mol. The zero-order valence-corrected chi connectivity index (χ0v) is 29.7. The quantitative estimate of drug-likeness (QED) is 0.148. The lowest BCUT2D eigenvalue weighted by molar-refractivity contribution is 1.28. The summed E-state index contributed by atoms with van der Waals surface area (Å²) in [5.74, 6) is 0. The van der Waals surface area contributed by atoms with Crippen LogP contribution in [-0.2, 0) is 0 Å². The second kappa shape index (κ2) is 14.1. The molecule has 4 heteroatoms. The standard InChI is InChI=1S/C49H34N2OS/c52-49-45-33-37(35-21-27-43(28-22-35)50(39-13-5-1-6-14-39)40-15-7-2-8-16-40)25-31-47(45)53-48-32-26-38(34-46(48)49)36-23-29-44(30-24-36)51(41-17-9-3-10-18-41)42-19-11-4-12-20-42/h1-34H. The van der Waals surface area contributed by atoms with Gasteiger partial charge >= 0.3 is 0 Å². The molecule has 0 unspecified atom stereocenters. The summed E-state index contributed by atoms with van der Waals surface area (Å²) in [6.07, 6.45) is 0. The number of hydrogen-bond donors (Lipinski definition) is 0. The van der Waals surface area contributed by atoms with Gasteiger partial charge < -0.3 is 9.80 Å². The number of nitrogens with zero attached hydrogens (tertiary/aromatic N) is 2. The third-order valence-electron chi connectivity index (χ3n) is 9.64. The molecule has 0 fully saturated rings. The Kier molecular flexibility index (Phi) is 8.56. The fourth-order valence-electron chi connectivity index (χ4n) is 7.02. The third kappa shape index (κ3) is 6.37. The first-order valence-corrected chi connectivity index (χ1v) is 18.5. The van der Waals surface area contributed by atoms with E-state index in [1.54, 1.807) is 11.3 Å². The minimum absolute atomic E-state index is 0.0596. The number of anilines is 6. The summed E-state index contributed by atoms with van der Waals surface area (Å²) in [7, 11) is 0. The number of fused-ring (bicyclic) bond motifs is 2. The lowest BCUT2D eigenvalue weighted by Gasteiger charge is -2.25. The van der Waals surface area contributed by atoms with Crippen LogP contribution in [0.3, 0.4) is 0 Å². The maximum atomic E-state index is 14.2. The van der Waals surface area contributed by atoms with Crippen molar-refractivity contribution in [2.45, 2.75) is 0 Å². The van der Waals surface area contributed by atoms with Crippen LogP contribution in [0.4, 0.5) is 34.1 Å². The first-order valence-electron chi connectivity index (χ1n) is 17.7. The highest BCUT2D eigenvalue weighted by Gasteiger charge is 2.15. The molecule has 1 heterocycles. The molecule has 0 saturated carbocycles. The molecule has 9 aromatic rings. The van der Waals surface area contributed by atoms with Gasteiger partial charge in [-0.3, -0.25) is 4.79 Å². The summed E-state index contributed by atoms with van der Waals surface area (Å²) in [5, 5.41) is 1.49. The predicted octanol–water partition coefficient (Wildman–Crippen LogP) is 13.7. The lowest BCUT2D eigenvalue weighted by atomic mass is 10.0. The minimum atomic E-state index is 0.0596. The van der Waals surface area contributed by atoms with Crippen LogP contribution in [0.15, 0.2) is 211 Å². The van der Waals surface area contributed by atoms with Crippen molar-refractivity contribution in [1.29, 1.82) is 0 Å². The van der Waals surface area contributed by atoms with Crippen molar-refractivity contribution in [3.63, 3.8) is 0 Å². The van der Waals surface area contributed by atoms with Gasteiger partial charge in [-0.2, -0.15) is 0 Å². The molecule has 0 atom stereocenters. The van der Waals surface area contributed by atoms with Crippen molar-refractivity contribution >= 4 is 65.6 Å². The van der Waals surface area contributed by atoms with E-state index in [1.165, 1.54) is 0 Å². The molecule has 0 aliphatic rings. The predicted molar refractivity (Wildman–Crippen MR) is 226 cm³/mol. The van der Waals surface area contributed by atoms with E-state index in [2.05, 4.69) is 192 Å². The van der Waals surface area contributed by atoms with Crippen LogP contribution in [0.5, 0.6) is 0 Å². The molecular weight excluding hydrogens is 665 g/mol. The van der Waals surface area contributed by atoms with Crippen molar-refractivity contribution in [3.05, 3.63) is 216 Å². The minimum Gasteiger partial charge on any atom is -0.311 e. The molecule has 8 aromatic carbocycles. The van der Waals surface area contributed by atoms with E-state index in [4.69, 9.17) is 0 Å². The van der Waals surface area contributed by atoms with Crippen molar-refractivity contribution < 1.29 is 0 Å². The van der Waals surface area contributed by atoms with Crippen LogP contribution >= 0.6 is 11.3 Å². The summed E-state index contributed by atoms with van der Waals surface area (Å²) < 4.78 is 1.97. The van der Waals surface area contributed by atoms with Gasteiger partial charge in [0.25, 0.3) is 0 Å². The molecule has 3 nitrogen and oxygen atoms in total. The van der Waals surface area contributed by atoms with Crippen molar-refractivity contribution in [2.24, 2.45) is 0 Å². The van der Waals surface area contributed by atoms with E-state index >= 15 is 0 Å². The molecule has 0 spiro atoms. The van der Waals surface area contributed by atoms with Gasteiger partial charge in [0, 0.05) is 54.3 Å². The Hall–Kier alpha value is -6.75. The smallest absolute Gasteiger partial charge is 0.195 e. The SMILES string of the molecule is O=c1c2cc(-c3ccc(N(c4ccccc4)c4ccccc4)cc3)ccc2sc2ccc(-c3ccc(N(c4ccccc4)c4ccccc4)cc3)cc12. The van der Waals surface area contributed by atoms with E-state index in [-0.39, 0.29) is 5.43 Å². The van der Waals surface area contributed by atoms with Crippen LogP contribution in [0.25, 0.3) is 42.4 Å². The van der Waals surface area contributed by atoms with Gasteiger partial charge in [0.2, 0.25) is 0 Å². The Morgan fingerprint density at radius 2 is 0.585 bits per heavy atom. The van der Waals surface area contributed by atoms with Crippen molar-refractivity contribution in [1.82, 2.24) is 0 Å². The Bertz CT molecular complexity index is 2450. The molecule has 53 heavy (non-hydrogen) atoms. The normalized spacial score (nSPS) is 11.1. The average molecular weight is 699 g/mol. The molecule has 1 aromatic heterocycles. The summed E-state index contributed by atoms with van der Waals surface area (Å²) in [5.41, 5.74) is 10.7. The molecule has 0 aliphatic heterocycles. The maximum Gasteiger partial charge on any atom is 0.195 e. The zero-order valence-electron chi connectivity index (χ0n) is 28.8.